The van der Waals surface area contributed by atoms with E-state index in [1.807, 2.05) is 13.0 Å². The fourth-order valence-electron chi connectivity index (χ4n) is 1.21. The van der Waals surface area contributed by atoms with E-state index < -0.39 is 6.04 Å². The Balaban J connectivity index is 2.92. The van der Waals surface area contributed by atoms with E-state index >= 15 is 0 Å². The molecule has 6 nitrogen and oxygen atoms in total. The fraction of sp³-hybridized carbons (Fsp3) is 0.500. The van der Waals surface area contributed by atoms with Gasteiger partial charge in [-0.05, 0) is 6.42 Å². The predicted molar refractivity (Wildman–Crippen MR) is 58.0 cm³/mol. The molecular weight excluding hydrogens is 208 g/mol. The normalized spacial score (nSPS) is 11.8. The van der Waals surface area contributed by atoms with Crippen LogP contribution < -0.4 is 16.0 Å². The topological polar surface area (TPSA) is 93.9 Å². The van der Waals surface area contributed by atoms with Crippen molar-refractivity contribution in [1.82, 2.24) is 9.78 Å². The van der Waals surface area contributed by atoms with Gasteiger partial charge in [0.05, 0.1) is 12.3 Å². The quantitative estimate of drug-likeness (QED) is 0.760. The third-order valence-electron chi connectivity index (χ3n) is 2.02. The molecule has 1 rings (SSSR count). The van der Waals surface area contributed by atoms with Gasteiger partial charge in [0.2, 0.25) is 0 Å². The Labute approximate surface area is 93.2 Å². The summed E-state index contributed by atoms with van der Waals surface area (Å²) in [5, 5.41) is 12.7. The Kier molecular flexibility index (Phi) is 4.48. The van der Waals surface area contributed by atoms with Crippen LogP contribution in [0.25, 0.3) is 0 Å². The van der Waals surface area contributed by atoms with Crippen LogP contribution in [0.1, 0.15) is 19.4 Å². The van der Waals surface area contributed by atoms with Crippen molar-refractivity contribution in [1.29, 1.82) is 5.26 Å². The molecular formula is C10H14N4O2. The molecule has 0 saturated heterocycles. The molecule has 2 N–H and O–H groups in total. The van der Waals surface area contributed by atoms with Crippen LogP contribution in [0.4, 0.5) is 0 Å². The molecule has 0 radical (unpaired) electrons. The average molecular weight is 222 g/mol. The number of nitrogens with zero attached hydrogens (tertiary/aromatic N) is 3. The Bertz CT molecular complexity index is 435. The number of nitrogens with two attached hydrogens (primary N) is 1. The Morgan fingerprint density at radius 2 is 2.50 bits per heavy atom. The predicted octanol–water partition coefficient (Wildman–Crippen LogP) is 0.0555. The van der Waals surface area contributed by atoms with Crippen molar-refractivity contribution in [2.24, 2.45) is 5.73 Å². The molecule has 1 atom stereocenters. The lowest BCUT2D eigenvalue weighted by Gasteiger charge is -2.09. The molecule has 6 heteroatoms. The minimum absolute atomic E-state index is 0.334. The molecule has 86 valence electrons. The van der Waals surface area contributed by atoms with Crippen molar-refractivity contribution in [3.8, 4) is 11.8 Å². The molecule has 0 amide bonds. The lowest BCUT2D eigenvalue weighted by atomic mass is 10.2. The van der Waals surface area contributed by atoms with Crippen molar-refractivity contribution in [2.45, 2.75) is 19.4 Å². The highest BCUT2D eigenvalue weighted by atomic mass is 16.5. The number of ether oxygens (including phenoxy) is 1. The highest BCUT2D eigenvalue weighted by Gasteiger charge is 2.10. The largest absolute Gasteiger partial charge is 0.490 e. The summed E-state index contributed by atoms with van der Waals surface area (Å²) in [5.74, 6) is 0.375. The molecule has 1 aromatic heterocycles. The number of hydrogen-bond acceptors (Lipinski definition) is 5. The Morgan fingerprint density at radius 3 is 3.00 bits per heavy atom. The molecule has 16 heavy (non-hydrogen) atoms. The summed E-state index contributed by atoms with van der Waals surface area (Å²) in [6.45, 7) is 2.53. The molecule has 1 unspecified atom stereocenters. The van der Waals surface area contributed by atoms with Crippen LogP contribution in [-0.2, 0) is 0 Å². The van der Waals surface area contributed by atoms with E-state index in [1.54, 1.807) is 0 Å². The van der Waals surface area contributed by atoms with E-state index in [4.69, 9.17) is 15.7 Å². The summed E-state index contributed by atoms with van der Waals surface area (Å²) in [7, 11) is 0. The van der Waals surface area contributed by atoms with Gasteiger partial charge in [0.15, 0.2) is 0 Å². The summed E-state index contributed by atoms with van der Waals surface area (Å²) in [6.07, 6.45) is 1.95. The zero-order chi connectivity index (χ0) is 12.0. The second-order valence-electron chi connectivity index (χ2n) is 3.16. The van der Waals surface area contributed by atoms with E-state index in [0.717, 1.165) is 4.68 Å². The number of hydrogen-bond donors (Lipinski definition) is 1. The standard InChI is InChI=1S/C10H14N4O2/c1-2-8(6-12)14-10(15)5-9(7-13-14)16-4-3-11/h5,7-8H,2-4,11H2,1H3. The SMILES string of the molecule is CCC(C#N)n1ncc(OCCN)cc1=O. The van der Waals surface area contributed by atoms with Crippen LogP contribution in [0.2, 0.25) is 0 Å². The molecule has 0 bridgehead atoms. The maximum absolute atomic E-state index is 11.6. The van der Waals surface area contributed by atoms with Crippen LogP contribution in [0, 0.1) is 11.3 Å². The van der Waals surface area contributed by atoms with Crippen LogP contribution in [0.5, 0.6) is 5.75 Å². The lowest BCUT2D eigenvalue weighted by Crippen LogP contribution is -2.26. The van der Waals surface area contributed by atoms with Crippen molar-refractivity contribution in [3.05, 3.63) is 22.6 Å². The number of nitriles is 1. The molecule has 0 spiro atoms. The first-order chi connectivity index (χ1) is 7.72. The first-order valence-corrected chi connectivity index (χ1v) is 5.04. The lowest BCUT2D eigenvalue weighted by molar-refractivity contribution is 0.322. The maximum atomic E-state index is 11.6. The molecule has 0 aliphatic rings. The molecule has 1 aromatic rings. The van der Waals surface area contributed by atoms with E-state index in [2.05, 4.69) is 5.10 Å². The van der Waals surface area contributed by atoms with Gasteiger partial charge in [-0.15, -0.1) is 0 Å². The van der Waals surface area contributed by atoms with Crippen molar-refractivity contribution in [3.63, 3.8) is 0 Å². The van der Waals surface area contributed by atoms with E-state index in [9.17, 15) is 4.79 Å². The third-order valence-corrected chi connectivity index (χ3v) is 2.02. The molecule has 0 aromatic carbocycles. The second kappa shape index (κ2) is 5.88. The van der Waals surface area contributed by atoms with Crippen molar-refractivity contribution < 1.29 is 4.74 Å². The zero-order valence-corrected chi connectivity index (χ0v) is 9.09. The van der Waals surface area contributed by atoms with E-state index in [0.29, 0.717) is 25.3 Å². The van der Waals surface area contributed by atoms with Gasteiger partial charge in [-0.1, -0.05) is 6.92 Å². The smallest absolute Gasteiger partial charge is 0.271 e. The summed E-state index contributed by atoms with van der Waals surface area (Å²) in [4.78, 5) is 11.6. The molecule has 0 aliphatic carbocycles. The Hall–Kier alpha value is -1.87. The van der Waals surface area contributed by atoms with E-state index in [1.165, 1.54) is 12.3 Å². The second-order valence-corrected chi connectivity index (χ2v) is 3.16. The first-order valence-electron chi connectivity index (χ1n) is 5.04. The van der Waals surface area contributed by atoms with Gasteiger partial charge in [-0.2, -0.15) is 10.4 Å². The Morgan fingerprint density at radius 1 is 1.75 bits per heavy atom. The van der Waals surface area contributed by atoms with Crippen molar-refractivity contribution in [2.75, 3.05) is 13.2 Å². The number of rotatable bonds is 5. The van der Waals surface area contributed by atoms with Gasteiger partial charge in [-0.25, -0.2) is 4.68 Å². The van der Waals surface area contributed by atoms with Gasteiger partial charge >= 0.3 is 0 Å². The van der Waals surface area contributed by atoms with Crippen LogP contribution in [-0.4, -0.2) is 22.9 Å². The zero-order valence-electron chi connectivity index (χ0n) is 9.09. The minimum atomic E-state index is -0.531. The highest BCUT2D eigenvalue weighted by Crippen LogP contribution is 2.08. The van der Waals surface area contributed by atoms with E-state index in [-0.39, 0.29) is 5.56 Å². The first kappa shape index (κ1) is 12.2. The average Bonchev–Trinajstić information content (AvgIpc) is 2.30. The van der Waals surface area contributed by atoms with Crippen LogP contribution in [0.15, 0.2) is 17.1 Å². The number of aromatic nitrogens is 2. The monoisotopic (exact) mass is 222 g/mol. The summed E-state index contributed by atoms with van der Waals surface area (Å²) in [5.41, 5.74) is 4.92. The highest BCUT2D eigenvalue weighted by molar-refractivity contribution is 5.14. The van der Waals surface area contributed by atoms with Crippen LogP contribution in [0.3, 0.4) is 0 Å². The maximum Gasteiger partial charge on any atom is 0.271 e. The molecule has 1 heterocycles. The summed E-state index contributed by atoms with van der Waals surface area (Å²) in [6, 6.07) is 2.79. The van der Waals surface area contributed by atoms with Crippen LogP contribution >= 0.6 is 0 Å². The molecule has 0 aliphatic heterocycles. The molecule has 0 fully saturated rings. The fourth-order valence-corrected chi connectivity index (χ4v) is 1.21. The van der Waals surface area contributed by atoms with Gasteiger partial charge in [0.25, 0.3) is 5.56 Å². The summed E-state index contributed by atoms with van der Waals surface area (Å²) >= 11 is 0. The van der Waals surface area contributed by atoms with Crippen molar-refractivity contribution >= 4 is 0 Å². The van der Waals surface area contributed by atoms with Gasteiger partial charge < -0.3 is 10.5 Å². The minimum Gasteiger partial charge on any atom is -0.490 e. The van der Waals surface area contributed by atoms with Gasteiger partial charge in [-0.3, -0.25) is 4.79 Å². The summed E-state index contributed by atoms with van der Waals surface area (Å²) < 4.78 is 6.30. The third kappa shape index (κ3) is 2.81. The van der Waals surface area contributed by atoms with Gasteiger partial charge in [0, 0.05) is 12.6 Å². The van der Waals surface area contributed by atoms with Gasteiger partial charge in [0.1, 0.15) is 18.4 Å². The molecule has 0 saturated carbocycles.